The molecule has 0 spiro atoms. The second-order valence-electron chi connectivity index (χ2n) is 3.75. The fraction of sp³-hybridized carbons (Fsp3) is 0.455. The lowest BCUT2D eigenvalue weighted by molar-refractivity contribution is 0.0331. The van der Waals surface area contributed by atoms with Gasteiger partial charge in [-0.15, -0.1) is 11.6 Å². The van der Waals surface area contributed by atoms with E-state index in [0.717, 1.165) is 11.1 Å². The maximum atomic E-state index is 9.80. The van der Waals surface area contributed by atoms with E-state index in [1.165, 1.54) is 0 Å². The number of hydrogen-bond donors (Lipinski definition) is 3. The summed E-state index contributed by atoms with van der Waals surface area (Å²) in [6, 6.07) is 3.70. The van der Waals surface area contributed by atoms with Crippen molar-refractivity contribution in [1.29, 1.82) is 0 Å². The first-order valence-electron chi connectivity index (χ1n) is 4.76. The molecule has 0 aliphatic carbocycles. The number of halogens is 1. The predicted octanol–water partition coefficient (Wildman–Crippen LogP) is 1.52. The molecule has 4 N–H and O–H groups in total. The second kappa shape index (κ2) is 4.84. The van der Waals surface area contributed by atoms with E-state index in [0.29, 0.717) is 11.3 Å². The summed E-state index contributed by atoms with van der Waals surface area (Å²) in [5.41, 5.74) is 8.78. The fourth-order valence-electron chi connectivity index (χ4n) is 1.55. The summed E-state index contributed by atoms with van der Waals surface area (Å²) in [7, 11) is 0. The minimum Gasteiger partial charge on any atom is -0.398 e. The molecule has 3 nitrogen and oxygen atoms in total. The van der Waals surface area contributed by atoms with Crippen molar-refractivity contribution >= 4 is 17.3 Å². The van der Waals surface area contributed by atoms with Crippen molar-refractivity contribution in [3.05, 3.63) is 28.8 Å². The van der Waals surface area contributed by atoms with Gasteiger partial charge in [0, 0.05) is 11.3 Å². The van der Waals surface area contributed by atoms with E-state index in [2.05, 4.69) is 0 Å². The van der Waals surface area contributed by atoms with E-state index in [9.17, 15) is 10.2 Å². The maximum Gasteiger partial charge on any atom is 0.108 e. The zero-order valence-corrected chi connectivity index (χ0v) is 9.62. The third kappa shape index (κ3) is 2.62. The standard InChI is InChI=1S/C11H16ClNO2/c1-6-3-7(2)10(13)8(4-6)11(15)9(14)5-12/h3-4,9,11,14-15H,5,13H2,1-2H3. The number of aliphatic hydroxyl groups is 2. The molecule has 1 aromatic carbocycles. The SMILES string of the molecule is Cc1cc(C)c(N)c(C(O)C(O)CCl)c1. The topological polar surface area (TPSA) is 66.5 Å². The molecule has 2 unspecified atom stereocenters. The van der Waals surface area contributed by atoms with Gasteiger partial charge in [0.1, 0.15) is 6.10 Å². The Morgan fingerprint density at radius 2 is 1.93 bits per heavy atom. The van der Waals surface area contributed by atoms with E-state index in [4.69, 9.17) is 17.3 Å². The van der Waals surface area contributed by atoms with Gasteiger partial charge in [-0.05, 0) is 19.4 Å². The highest BCUT2D eigenvalue weighted by Crippen LogP contribution is 2.27. The second-order valence-corrected chi connectivity index (χ2v) is 4.06. The molecule has 0 aromatic heterocycles. The van der Waals surface area contributed by atoms with Crippen LogP contribution in [0, 0.1) is 13.8 Å². The predicted molar refractivity (Wildman–Crippen MR) is 62.0 cm³/mol. The Hall–Kier alpha value is -0.770. The molecule has 1 rings (SSSR count). The van der Waals surface area contributed by atoms with Crippen LogP contribution in [0.4, 0.5) is 5.69 Å². The maximum absolute atomic E-state index is 9.80. The van der Waals surface area contributed by atoms with Crippen molar-refractivity contribution in [3.63, 3.8) is 0 Å². The number of nitrogen functional groups attached to an aromatic ring is 1. The van der Waals surface area contributed by atoms with Gasteiger partial charge in [0.2, 0.25) is 0 Å². The molecule has 0 amide bonds. The van der Waals surface area contributed by atoms with Crippen molar-refractivity contribution in [2.75, 3.05) is 11.6 Å². The van der Waals surface area contributed by atoms with Crippen LogP contribution in [-0.4, -0.2) is 22.2 Å². The molecule has 1 aromatic rings. The third-order valence-electron chi connectivity index (χ3n) is 2.40. The first kappa shape index (κ1) is 12.3. The summed E-state index contributed by atoms with van der Waals surface area (Å²) in [6.07, 6.45) is -2.02. The van der Waals surface area contributed by atoms with Crippen molar-refractivity contribution in [2.45, 2.75) is 26.1 Å². The Balaban J connectivity index is 3.13. The van der Waals surface area contributed by atoms with Crippen molar-refractivity contribution in [1.82, 2.24) is 0 Å². The van der Waals surface area contributed by atoms with E-state index in [1.807, 2.05) is 19.9 Å². The first-order valence-corrected chi connectivity index (χ1v) is 5.29. The summed E-state index contributed by atoms with van der Waals surface area (Å²) in [5, 5.41) is 19.3. The first-order chi connectivity index (χ1) is 6.97. The average Bonchev–Trinajstić information content (AvgIpc) is 2.21. The largest absolute Gasteiger partial charge is 0.398 e. The molecule has 0 aliphatic rings. The van der Waals surface area contributed by atoms with E-state index in [1.54, 1.807) is 6.07 Å². The molecule has 0 bridgehead atoms. The lowest BCUT2D eigenvalue weighted by Crippen LogP contribution is -2.21. The minimum atomic E-state index is -1.03. The van der Waals surface area contributed by atoms with Crippen LogP contribution >= 0.6 is 11.6 Å². The van der Waals surface area contributed by atoms with Crippen LogP contribution in [0.3, 0.4) is 0 Å². The van der Waals surface area contributed by atoms with Gasteiger partial charge >= 0.3 is 0 Å². The molecule has 4 heteroatoms. The lowest BCUT2D eigenvalue weighted by Gasteiger charge is -2.19. The molecule has 2 atom stereocenters. The Morgan fingerprint density at radius 3 is 2.47 bits per heavy atom. The van der Waals surface area contributed by atoms with Gasteiger partial charge in [-0.25, -0.2) is 0 Å². The number of aliphatic hydroxyl groups excluding tert-OH is 2. The van der Waals surface area contributed by atoms with Crippen LogP contribution in [0.15, 0.2) is 12.1 Å². The molecule has 0 saturated carbocycles. The zero-order valence-electron chi connectivity index (χ0n) is 8.87. The van der Waals surface area contributed by atoms with Gasteiger partial charge in [0.15, 0.2) is 0 Å². The number of alkyl halides is 1. The molecule has 84 valence electrons. The number of benzene rings is 1. The summed E-state index contributed by atoms with van der Waals surface area (Å²) in [4.78, 5) is 0. The number of hydrogen-bond acceptors (Lipinski definition) is 3. The molecule has 0 radical (unpaired) electrons. The molecule has 0 fully saturated rings. The Morgan fingerprint density at radius 1 is 1.33 bits per heavy atom. The van der Waals surface area contributed by atoms with Gasteiger partial charge < -0.3 is 15.9 Å². The number of nitrogens with two attached hydrogens (primary N) is 1. The average molecular weight is 230 g/mol. The summed E-state index contributed by atoms with van der Waals surface area (Å²) >= 11 is 5.48. The number of anilines is 1. The molecular formula is C11H16ClNO2. The highest BCUT2D eigenvalue weighted by Gasteiger charge is 2.20. The van der Waals surface area contributed by atoms with Crippen LogP contribution in [0.2, 0.25) is 0 Å². The van der Waals surface area contributed by atoms with Crippen LogP contribution in [-0.2, 0) is 0 Å². The Bertz CT molecular complexity index is 355. The number of rotatable bonds is 3. The molecular weight excluding hydrogens is 214 g/mol. The monoisotopic (exact) mass is 229 g/mol. The highest BCUT2D eigenvalue weighted by molar-refractivity contribution is 6.18. The smallest absolute Gasteiger partial charge is 0.108 e. The van der Waals surface area contributed by atoms with E-state index < -0.39 is 12.2 Å². The summed E-state index contributed by atoms with van der Waals surface area (Å²) in [5.74, 6) is -0.0202. The molecule has 0 aliphatic heterocycles. The molecule has 0 saturated heterocycles. The van der Waals surface area contributed by atoms with Gasteiger partial charge in [0.25, 0.3) is 0 Å². The molecule has 0 heterocycles. The third-order valence-corrected chi connectivity index (χ3v) is 2.72. The lowest BCUT2D eigenvalue weighted by atomic mass is 9.98. The van der Waals surface area contributed by atoms with Gasteiger partial charge in [-0.3, -0.25) is 0 Å². The van der Waals surface area contributed by atoms with Crippen molar-refractivity contribution < 1.29 is 10.2 Å². The van der Waals surface area contributed by atoms with E-state index >= 15 is 0 Å². The summed E-state index contributed by atoms with van der Waals surface area (Å²) in [6.45, 7) is 3.78. The van der Waals surface area contributed by atoms with Crippen LogP contribution in [0.25, 0.3) is 0 Å². The van der Waals surface area contributed by atoms with Crippen LogP contribution in [0.1, 0.15) is 22.8 Å². The van der Waals surface area contributed by atoms with Gasteiger partial charge in [0.05, 0.1) is 12.0 Å². The van der Waals surface area contributed by atoms with Gasteiger partial charge in [-0.2, -0.15) is 0 Å². The number of aryl methyl sites for hydroxylation is 2. The minimum absolute atomic E-state index is 0.0202. The zero-order chi connectivity index (χ0) is 11.6. The Labute approximate surface area is 94.5 Å². The normalized spacial score (nSPS) is 15.0. The van der Waals surface area contributed by atoms with Crippen molar-refractivity contribution in [2.24, 2.45) is 0 Å². The quantitative estimate of drug-likeness (QED) is 0.544. The fourth-order valence-corrected chi connectivity index (χ4v) is 1.72. The van der Waals surface area contributed by atoms with Crippen LogP contribution in [0.5, 0.6) is 0 Å². The van der Waals surface area contributed by atoms with E-state index in [-0.39, 0.29) is 5.88 Å². The molecule has 15 heavy (non-hydrogen) atoms. The highest BCUT2D eigenvalue weighted by atomic mass is 35.5. The van der Waals surface area contributed by atoms with Gasteiger partial charge in [-0.1, -0.05) is 17.7 Å². The van der Waals surface area contributed by atoms with Crippen LogP contribution < -0.4 is 5.73 Å². The van der Waals surface area contributed by atoms with Crippen molar-refractivity contribution in [3.8, 4) is 0 Å². The summed E-state index contributed by atoms with van der Waals surface area (Å²) < 4.78 is 0. The Kier molecular flexibility index (Phi) is 3.97.